The van der Waals surface area contributed by atoms with E-state index in [1.54, 1.807) is 0 Å². The first-order chi connectivity index (χ1) is 13.8. The number of ketones is 1. The van der Waals surface area contributed by atoms with Gasteiger partial charge in [0, 0.05) is 12.1 Å². The molecular formula is C26H40N2O. The molecule has 160 valence electrons. The fourth-order valence-corrected chi connectivity index (χ4v) is 8.85. The van der Waals surface area contributed by atoms with Crippen LogP contribution in [0.3, 0.4) is 0 Å². The Hall–Kier alpha value is -1.12. The van der Waals surface area contributed by atoms with Crippen LogP contribution in [0.15, 0.2) is 12.5 Å². The van der Waals surface area contributed by atoms with Gasteiger partial charge in [-0.25, -0.2) is 4.98 Å². The molecule has 4 saturated carbocycles. The van der Waals surface area contributed by atoms with E-state index < -0.39 is 0 Å². The number of nitrogens with zero attached hydrogens (tertiary/aromatic N) is 2. The minimum absolute atomic E-state index is 0.235. The van der Waals surface area contributed by atoms with Crippen molar-refractivity contribution in [1.29, 1.82) is 0 Å². The van der Waals surface area contributed by atoms with E-state index in [0.29, 0.717) is 17.7 Å². The first kappa shape index (κ1) is 19.8. The molecule has 0 radical (unpaired) electrons. The maximum absolute atomic E-state index is 13.3. The van der Waals surface area contributed by atoms with Crippen molar-refractivity contribution in [3.8, 4) is 0 Å². The van der Waals surface area contributed by atoms with E-state index in [1.165, 1.54) is 51.4 Å². The van der Waals surface area contributed by atoms with Crippen molar-refractivity contribution < 1.29 is 4.79 Å². The maximum Gasteiger partial charge on any atom is 0.156 e. The molecule has 0 amide bonds. The monoisotopic (exact) mass is 396 g/mol. The lowest BCUT2D eigenvalue weighted by atomic mass is 9.44. The summed E-state index contributed by atoms with van der Waals surface area (Å²) >= 11 is 0. The third kappa shape index (κ3) is 3.05. The normalized spacial score (nSPS) is 46.6. The van der Waals surface area contributed by atoms with E-state index in [0.717, 1.165) is 41.7 Å². The molecule has 1 aromatic heterocycles. The summed E-state index contributed by atoms with van der Waals surface area (Å²) in [6.07, 6.45) is 16.1. The van der Waals surface area contributed by atoms with Crippen molar-refractivity contribution >= 4 is 5.78 Å². The Labute approximate surface area is 177 Å². The van der Waals surface area contributed by atoms with Crippen LogP contribution in [-0.4, -0.2) is 15.3 Å². The zero-order valence-corrected chi connectivity index (χ0v) is 19.0. The summed E-state index contributed by atoms with van der Waals surface area (Å²) in [5.74, 6) is 5.16. The van der Waals surface area contributed by atoms with Gasteiger partial charge in [0.15, 0.2) is 5.78 Å². The van der Waals surface area contributed by atoms with Gasteiger partial charge in [-0.2, -0.15) is 0 Å². The van der Waals surface area contributed by atoms with Crippen LogP contribution in [0, 0.1) is 53.3 Å². The van der Waals surface area contributed by atoms with Crippen LogP contribution in [0.5, 0.6) is 0 Å². The number of aromatic nitrogens is 2. The molecule has 0 N–H and O–H groups in total. The van der Waals surface area contributed by atoms with Crippen LogP contribution in [0.2, 0.25) is 0 Å². The summed E-state index contributed by atoms with van der Waals surface area (Å²) in [4.78, 5) is 17.6. The Morgan fingerprint density at radius 3 is 2.59 bits per heavy atom. The maximum atomic E-state index is 13.3. The summed E-state index contributed by atoms with van der Waals surface area (Å²) in [5, 5.41) is 0. The number of Topliss-reactive ketones (excluding diaryl/α,β-unsaturated/α-hetero) is 1. The molecule has 1 heterocycles. The molecule has 7 unspecified atom stereocenters. The van der Waals surface area contributed by atoms with Gasteiger partial charge in [-0.1, -0.05) is 27.2 Å². The molecule has 0 aliphatic heterocycles. The predicted octanol–water partition coefficient (Wildman–Crippen LogP) is 6.06. The SMILES string of the molecule is Cc1cn(CC(=O)[C@H]2CCC3C4CCC5CC(C)CCC5(C)C4CCC32C)cn1. The van der Waals surface area contributed by atoms with Gasteiger partial charge in [-0.15, -0.1) is 0 Å². The number of rotatable bonds is 3. The highest BCUT2D eigenvalue weighted by Crippen LogP contribution is 2.67. The average molecular weight is 397 g/mol. The zero-order valence-electron chi connectivity index (χ0n) is 19.0. The van der Waals surface area contributed by atoms with Gasteiger partial charge in [0.1, 0.15) is 0 Å². The highest BCUT2D eigenvalue weighted by atomic mass is 16.1. The zero-order chi connectivity index (χ0) is 20.4. The second-order valence-corrected chi connectivity index (χ2v) is 11.9. The molecule has 5 rings (SSSR count). The van der Waals surface area contributed by atoms with Gasteiger partial charge in [0.25, 0.3) is 0 Å². The molecule has 4 fully saturated rings. The number of aryl methyl sites for hydroxylation is 1. The highest BCUT2D eigenvalue weighted by Gasteiger charge is 2.60. The summed E-state index contributed by atoms with van der Waals surface area (Å²) in [6.45, 7) is 10.1. The number of hydrogen-bond donors (Lipinski definition) is 0. The lowest BCUT2D eigenvalue weighted by Gasteiger charge is -2.61. The van der Waals surface area contributed by atoms with Crippen molar-refractivity contribution in [2.45, 2.75) is 92.0 Å². The van der Waals surface area contributed by atoms with E-state index in [2.05, 4.69) is 25.8 Å². The fraction of sp³-hybridized carbons (Fsp3) is 0.846. The average Bonchev–Trinajstić information content (AvgIpc) is 3.24. The second kappa shape index (κ2) is 6.95. The fourth-order valence-electron chi connectivity index (χ4n) is 8.85. The van der Waals surface area contributed by atoms with Gasteiger partial charge < -0.3 is 4.57 Å². The molecule has 0 spiro atoms. The first-order valence-electron chi connectivity index (χ1n) is 12.3. The Balaban J connectivity index is 1.35. The highest BCUT2D eigenvalue weighted by molar-refractivity contribution is 5.82. The van der Waals surface area contributed by atoms with Crippen molar-refractivity contribution in [1.82, 2.24) is 9.55 Å². The third-order valence-electron chi connectivity index (χ3n) is 10.4. The Bertz CT molecular complexity index is 783. The lowest BCUT2D eigenvalue weighted by molar-refractivity contribution is -0.137. The Morgan fingerprint density at radius 2 is 1.83 bits per heavy atom. The van der Waals surface area contributed by atoms with E-state index in [1.807, 2.05) is 24.0 Å². The topological polar surface area (TPSA) is 34.9 Å². The van der Waals surface area contributed by atoms with Crippen molar-refractivity contribution in [2.75, 3.05) is 0 Å². The molecule has 3 heteroatoms. The number of carbonyl (C=O) groups is 1. The van der Waals surface area contributed by atoms with Gasteiger partial charge in [0.2, 0.25) is 0 Å². The molecule has 0 bridgehead atoms. The number of hydrogen-bond acceptors (Lipinski definition) is 2. The predicted molar refractivity (Wildman–Crippen MR) is 116 cm³/mol. The molecule has 29 heavy (non-hydrogen) atoms. The van der Waals surface area contributed by atoms with E-state index >= 15 is 0 Å². The molecule has 3 nitrogen and oxygen atoms in total. The number of imidazole rings is 1. The van der Waals surface area contributed by atoms with Crippen molar-refractivity contribution in [2.24, 2.45) is 46.3 Å². The van der Waals surface area contributed by atoms with E-state index in [9.17, 15) is 4.79 Å². The van der Waals surface area contributed by atoms with Crippen LogP contribution in [-0.2, 0) is 11.3 Å². The minimum Gasteiger partial charge on any atom is -0.330 e. The van der Waals surface area contributed by atoms with Crippen LogP contribution in [0.4, 0.5) is 0 Å². The quantitative estimate of drug-likeness (QED) is 0.623. The van der Waals surface area contributed by atoms with Gasteiger partial charge in [0.05, 0.1) is 18.6 Å². The number of fused-ring (bicyclic) bond motifs is 5. The summed E-state index contributed by atoms with van der Waals surface area (Å²) in [5.41, 5.74) is 1.81. The van der Waals surface area contributed by atoms with Crippen molar-refractivity contribution in [3.05, 3.63) is 18.2 Å². The van der Waals surface area contributed by atoms with Crippen LogP contribution >= 0.6 is 0 Å². The molecular weight excluding hydrogens is 356 g/mol. The standard InChI is InChI=1S/C26H40N2O/c1-17-9-11-25(3)19(13-17)5-6-20-21-7-8-23(26(21,4)12-10-22(20)25)24(29)15-28-14-18(2)27-16-28/h14,16-17,19-23H,5-13,15H2,1-4H3/t17?,19?,20?,21?,22?,23-,25?,26?/m1/s1. The summed E-state index contributed by atoms with van der Waals surface area (Å²) < 4.78 is 2.00. The Morgan fingerprint density at radius 1 is 1.07 bits per heavy atom. The second-order valence-electron chi connectivity index (χ2n) is 11.9. The largest absolute Gasteiger partial charge is 0.330 e. The Kier molecular flexibility index (Phi) is 4.75. The first-order valence-corrected chi connectivity index (χ1v) is 12.3. The third-order valence-corrected chi connectivity index (χ3v) is 10.4. The van der Waals surface area contributed by atoms with Gasteiger partial charge in [-0.05, 0) is 98.7 Å². The van der Waals surface area contributed by atoms with Crippen LogP contribution < -0.4 is 0 Å². The van der Waals surface area contributed by atoms with Crippen LogP contribution in [0.1, 0.15) is 84.3 Å². The van der Waals surface area contributed by atoms with E-state index in [-0.39, 0.29) is 11.3 Å². The molecule has 4 aliphatic rings. The van der Waals surface area contributed by atoms with Crippen molar-refractivity contribution in [3.63, 3.8) is 0 Å². The van der Waals surface area contributed by atoms with Gasteiger partial charge >= 0.3 is 0 Å². The summed E-state index contributed by atoms with van der Waals surface area (Å²) in [6, 6.07) is 0. The smallest absolute Gasteiger partial charge is 0.156 e. The molecule has 8 atom stereocenters. The molecule has 0 aromatic carbocycles. The minimum atomic E-state index is 0.235. The number of carbonyl (C=O) groups excluding carboxylic acids is 1. The molecule has 0 saturated heterocycles. The summed E-state index contributed by atoms with van der Waals surface area (Å²) in [7, 11) is 0. The van der Waals surface area contributed by atoms with E-state index in [4.69, 9.17) is 0 Å². The molecule has 4 aliphatic carbocycles. The van der Waals surface area contributed by atoms with Gasteiger partial charge in [-0.3, -0.25) is 4.79 Å². The lowest BCUT2D eigenvalue weighted by Crippen LogP contribution is -2.53. The van der Waals surface area contributed by atoms with Crippen LogP contribution in [0.25, 0.3) is 0 Å². The molecule has 1 aromatic rings.